The molecule has 4 aliphatic rings. The second-order valence-electron chi connectivity index (χ2n) is 10.3. The van der Waals surface area contributed by atoms with Crippen molar-refractivity contribution in [2.24, 2.45) is 5.41 Å². The lowest BCUT2D eigenvalue weighted by atomic mass is 9.66. The van der Waals surface area contributed by atoms with Crippen molar-refractivity contribution in [1.29, 1.82) is 0 Å². The number of rotatable bonds is 4. The summed E-state index contributed by atoms with van der Waals surface area (Å²) in [6, 6.07) is 9.94. The van der Waals surface area contributed by atoms with E-state index in [1.54, 1.807) is 5.56 Å². The molecule has 2 atom stereocenters. The molecule has 0 unspecified atom stereocenters. The van der Waals surface area contributed by atoms with E-state index < -0.39 is 0 Å². The first-order valence-corrected chi connectivity index (χ1v) is 13.1. The minimum Gasteiger partial charge on any atom is -0.465 e. The van der Waals surface area contributed by atoms with Gasteiger partial charge in [0.25, 0.3) is 5.17 Å². The Kier molecular flexibility index (Phi) is 5.30. The highest BCUT2D eigenvalue weighted by Gasteiger charge is 2.50. The van der Waals surface area contributed by atoms with Crippen LogP contribution in [0.1, 0.15) is 75.6 Å². The molecule has 32 heavy (non-hydrogen) atoms. The molecule has 4 nitrogen and oxygen atoms in total. The van der Waals surface area contributed by atoms with E-state index in [0.29, 0.717) is 23.9 Å². The zero-order chi connectivity index (χ0) is 21.7. The predicted octanol–water partition coefficient (Wildman–Crippen LogP) is 5.81. The third-order valence-electron chi connectivity index (χ3n) is 8.60. The molecule has 0 radical (unpaired) electrons. The third-order valence-corrected chi connectivity index (χ3v) is 8.84. The van der Waals surface area contributed by atoms with E-state index in [-0.39, 0.29) is 5.41 Å². The Balaban J connectivity index is 1.37. The lowest BCUT2D eigenvalue weighted by molar-refractivity contribution is 0.0264. The number of thiocarbonyl (C=S) groups is 1. The number of benzene rings is 1. The van der Waals surface area contributed by atoms with Crippen LogP contribution in [-0.2, 0) is 11.2 Å². The molecular formula is C27H35N3OS. The van der Waals surface area contributed by atoms with E-state index in [4.69, 9.17) is 17.0 Å². The van der Waals surface area contributed by atoms with Crippen LogP contribution in [0, 0.1) is 5.41 Å². The van der Waals surface area contributed by atoms with Crippen LogP contribution in [0.15, 0.2) is 30.3 Å². The molecule has 0 amide bonds. The van der Waals surface area contributed by atoms with Gasteiger partial charge in [-0.3, -0.25) is 4.90 Å². The minimum absolute atomic E-state index is 0.203. The number of piperidine rings is 1. The summed E-state index contributed by atoms with van der Waals surface area (Å²) in [5.74, 6) is 0. The summed E-state index contributed by atoms with van der Waals surface area (Å²) < 4.78 is 8.76. The summed E-state index contributed by atoms with van der Waals surface area (Å²) in [7, 11) is 0. The summed E-state index contributed by atoms with van der Waals surface area (Å²) in [6.45, 7) is 5.32. The van der Waals surface area contributed by atoms with Crippen molar-refractivity contribution in [3.8, 4) is 0 Å². The van der Waals surface area contributed by atoms with Crippen molar-refractivity contribution in [3.05, 3.63) is 41.6 Å². The second-order valence-corrected chi connectivity index (χ2v) is 10.7. The number of fused-ring (bicyclic) bond motifs is 3. The van der Waals surface area contributed by atoms with Gasteiger partial charge in [0.15, 0.2) is 0 Å². The van der Waals surface area contributed by atoms with Crippen LogP contribution >= 0.6 is 12.2 Å². The molecule has 170 valence electrons. The Morgan fingerprint density at radius 2 is 2.00 bits per heavy atom. The zero-order valence-corrected chi connectivity index (χ0v) is 20.1. The SMILES string of the molecule is CC[C@@]12C=C(COC(=S)NC3CCCCC3)n3c4c(c5ccccc53)CCN(CCC1)[C@H]42. The monoisotopic (exact) mass is 449 g/mol. The number of hydrogen-bond donors (Lipinski definition) is 1. The Labute approximate surface area is 197 Å². The fourth-order valence-corrected chi connectivity index (χ4v) is 7.31. The number of ether oxygens (including phenoxy) is 1. The first-order valence-electron chi connectivity index (χ1n) is 12.7. The average Bonchev–Trinajstić information content (AvgIpc) is 3.18. The van der Waals surface area contributed by atoms with Gasteiger partial charge in [-0.15, -0.1) is 0 Å². The summed E-state index contributed by atoms with van der Waals surface area (Å²) in [5, 5.41) is 5.48. The first-order chi connectivity index (χ1) is 15.7. The summed E-state index contributed by atoms with van der Waals surface area (Å²) in [6.07, 6.45) is 13.8. The quantitative estimate of drug-likeness (QED) is 0.597. The normalized spacial score (nSPS) is 27.7. The molecule has 5 heteroatoms. The molecule has 3 aliphatic heterocycles. The number of aromatic nitrogens is 1. The largest absolute Gasteiger partial charge is 0.465 e. The van der Waals surface area contributed by atoms with Crippen LogP contribution in [0.25, 0.3) is 16.6 Å². The second kappa shape index (κ2) is 8.18. The van der Waals surface area contributed by atoms with Crippen LogP contribution in [0.2, 0.25) is 0 Å². The maximum atomic E-state index is 6.23. The van der Waals surface area contributed by atoms with Crippen molar-refractivity contribution in [2.45, 2.75) is 76.8 Å². The first kappa shape index (κ1) is 20.7. The van der Waals surface area contributed by atoms with E-state index in [1.807, 2.05) is 0 Å². The average molecular weight is 450 g/mol. The van der Waals surface area contributed by atoms with Crippen LogP contribution in [0.5, 0.6) is 0 Å². The summed E-state index contributed by atoms with van der Waals surface area (Å²) >= 11 is 5.63. The van der Waals surface area contributed by atoms with Crippen molar-refractivity contribution in [2.75, 3.05) is 19.7 Å². The Morgan fingerprint density at radius 3 is 2.84 bits per heavy atom. The fraction of sp³-hybridized carbons (Fsp3) is 0.593. The minimum atomic E-state index is 0.203. The molecule has 0 spiro atoms. The Morgan fingerprint density at radius 1 is 1.16 bits per heavy atom. The summed E-state index contributed by atoms with van der Waals surface area (Å²) in [4.78, 5) is 2.76. The maximum absolute atomic E-state index is 6.23. The zero-order valence-electron chi connectivity index (χ0n) is 19.2. The molecule has 1 aromatic carbocycles. The van der Waals surface area contributed by atoms with Crippen LogP contribution in [0.4, 0.5) is 0 Å². The van der Waals surface area contributed by atoms with Gasteiger partial charge < -0.3 is 14.6 Å². The molecule has 0 bridgehead atoms. The van der Waals surface area contributed by atoms with Gasteiger partial charge in [-0.25, -0.2) is 0 Å². The van der Waals surface area contributed by atoms with Gasteiger partial charge in [0.1, 0.15) is 6.61 Å². The fourth-order valence-electron chi connectivity index (χ4n) is 7.09. The standard InChI is InChI=1S/C27H35N3OS/c1-2-27-14-8-15-29-16-13-22-21-11-6-7-12-23(21)30(24(22)25(27)29)20(17-27)18-31-26(32)28-19-9-4-3-5-10-19/h6-7,11-12,17,19,25H,2-5,8-10,13-16,18H2,1H3,(H,28,32)/t25-,27+/m1/s1. The van der Waals surface area contributed by atoms with Gasteiger partial charge in [-0.2, -0.15) is 0 Å². The van der Waals surface area contributed by atoms with E-state index in [1.165, 1.54) is 86.7 Å². The van der Waals surface area contributed by atoms with Gasteiger partial charge >= 0.3 is 0 Å². The van der Waals surface area contributed by atoms with E-state index >= 15 is 0 Å². The molecule has 1 N–H and O–H groups in total. The lowest BCUT2D eigenvalue weighted by Gasteiger charge is -2.53. The number of nitrogens with one attached hydrogen (secondary N) is 1. The number of para-hydroxylation sites is 1. The van der Waals surface area contributed by atoms with Gasteiger partial charge in [0.05, 0.1) is 17.3 Å². The third kappa shape index (κ3) is 3.23. The lowest BCUT2D eigenvalue weighted by Crippen LogP contribution is -2.51. The highest BCUT2D eigenvalue weighted by Crippen LogP contribution is 2.56. The molecule has 4 heterocycles. The molecular weight excluding hydrogens is 414 g/mol. The van der Waals surface area contributed by atoms with Crippen LogP contribution in [0.3, 0.4) is 0 Å². The molecule has 1 saturated heterocycles. The highest BCUT2D eigenvalue weighted by molar-refractivity contribution is 7.80. The van der Waals surface area contributed by atoms with Gasteiger partial charge in [-0.1, -0.05) is 50.5 Å². The van der Waals surface area contributed by atoms with Gasteiger partial charge in [-0.05, 0) is 68.9 Å². The van der Waals surface area contributed by atoms with E-state index in [9.17, 15) is 0 Å². The smallest absolute Gasteiger partial charge is 0.257 e. The maximum Gasteiger partial charge on any atom is 0.257 e. The molecule has 6 rings (SSSR count). The van der Waals surface area contributed by atoms with Gasteiger partial charge in [0.2, 0.25) is 0 Å². The van der Waals surface area contributed by atoms with Crippen LogP contribution in [-0.4, -0.2) is 40.4 Å². The predicted molar refractivity (Wildman–Crippen MR) is 135 cm³/mol. The topological polar surface area (TPSA) is 29.4 Å². The number of hydrogen-bond acceptors (Lipinski definition) is 3. The molecule has 2 fully saturated rings. The highest BCUT2D eigenvalue weighted by atomic mass is 32.1. The van der Waals surface area contributed by atoms with E-state index in [2.05, 4.69) is 52.0 Å². The Bertz CT molecular complexity index is 1070. The molecule has 1 saturated carbocycles. The summed E-state index contributed by atoms with van der Waals surface area (Å²) in [5.41, 5.74) is 5.91. The van der Waals surface area contributed by atoms with Crippen molar-refractivity contribution >= 4 is 34.0 Å². The van der Waals surface area contributed by atoms with Crippen LogP contribution < -0.4 is 5.32 Å². The van der Waals surface area contributed by atoms with Crippen molar-refractivity contribution in [3.63, 3.8) is 0 Å². The van der Waals surface area contributed by atoms with Gasteiger partial charge in [0, 0.05) is 29.1 Å². The van der Waals surface area contributed by atoms with E-state index in [0.717, 1.165) is 6.42 Å². The Hall–Kier alpha value is -1.85. The number of nitrogens with zero attached hydrogens (tertiary/aromatic N) is 2. The molecule has 2 aromatic rings. The molecule has 1 aliphatic carbocycles. The van der Waals surface area contributed by atoms with Crippen molar-refractivity contribution in [1.82, 2.24) is 14.8 Å². The molecule has 1 aromatic heterocycles. The van der Waals surface area contributed by atoms with Crippen molar-refractivity contribution < 1.29 is 4.74 Å².